The number of hydrogen-bond donors (Lipinski definition) is 0. The van der Waals surface area contributed by atoms with Gasteiger partial charge in [0.05, 0.1) is 34.4 Å². The summed E-state index contributed by atoms with van der Waals surface area (Å²) in [5.74, 6) is 0.977. The van der Waals surface area contributed by atoms with Crippen molar-refractivity contribution >= 4 is 32.3 Å². The van der Waals surface area contributed by atoms with Crippen LogP contribution >= 0.6 is 11.6 Å². The number of nitrogens with zero attached hydrogens (tertiary/aromatic N) is 2. The molecule has 0 fully saturated rings. The van der Waals surface area contributed by atoms with Gasteiger partial charge in [0, 0.05) is 11.1 Å². The lowest BCUT2D eigenvalue weighted by atomic mass is 10.2. The maximum absolute atomic E-state index is 12.9. The lowest BCUT2D eigenvalue weighted by molar-refractivity contribution is 0.174. The van der Waals surface area contributed by atoms with Crippen LogP contribution in [-0.2, 0) is 16.4 Å². The van der Waals surface area contributed by atoms with Crippen molar-refractivity contribution in [3.05, 3.63) is 57.6 Å². The number of fused-ring (bicyclic) bond motifs is 2. The van der Waals surface area contributed by atoms with E-state index in [1.54, 1.807) is 25.1 Å². The average molecular weight is 407 g/mol. The third-order valence-corrected chi connectivity index (χ3v) is 6.46. The molecule has 3 aromatic rings. The predicted octanol–water partition coefficient (Wildman–Crippen LogP) is 2.62. The van der Waals surface area contributed by atoms with Crippen LogP contribution in [0.4, 0.5) is 0 Å². The molecular weight excluding hydrogens is 392 g/mol. The first-order chi connectivity index (χ1) is 12.9. The minimum Gasteiger partial charge on any atom is -0.454 e. The van der Waals surface area contributed by atoms with Crippen LogP contribution < -0.4 is 15.0 Å². The van der Waals surface area contributed by atoms with Gasteiger partial charge in [0.1, 0.15) is 0 Å². The molecule has 1 aliphatic heterocycles. The molecule has 1 aliphatic rings. The Hall–Kier alpha value is -2.58. The van der Waals surface area contributed by atoms with Gasteiger partial charge in [0.25, 0.3) is 5.56 Å². The van der Waals surface area contributed by atoms with Crippen LogP contribution in [0.3, 0.4) is 0 Å². The minimum absolute atomic E-state index is 0.0331. The molecule has 0 saturated heterocycles. The standard InChI is InChI=1S/C18H15ClN2O5S/c1-2-27(23,24)17-4-3-12(19)5-11(17)8-21-9-20-14-7-16-15(25-10-26-16)6-13(14)18(21)22/h3-7,9H,2,8,10H2,1H3. The van der Waals surface area contributed by atoms with E-state index in [1.807, 2.05) is 0 Å². The van der Waals surface area contributed by atoms with Crippen molar-refractivity contribution in [2.75, 3.05) is 12.5 Å². The Balaban J connectivity index is 1.83. The van der Waals surface area contributed by atoms with Gasteiger partial charge in [0.2, 0.25) is 6.79 Å². The largest absolute Gasteiger partial charge is 0.454 e. The molecule has 0 aliphatic carbocycles. The summed E-state index contributed by atoms with van der Waals surface area (Å²) in [5, 5.41) is 0.758. The Morgan fingerprint density at radius 2 is 1.93 bits per heavy atom. The molecule has 0 spiro atoms. The summed E-state index contributed by atoms with van der Waals surface area (Å²) < 4.78 is 36.7. The molecule has 0 N–H and O–H groups in total. The van der Waals surface area contributed by atoms with Crippen molar-refractivity contribution < 1.29 is 17.9 Å². The fraction of sp³-hybridized carbons (Fsp3) is 0.222. The number of rotatable bonds is 4. The molecule has 4 rings (SSSR count). The van der Waals surface area contributed by atoms with Crippen LogP contribution in [0.15, 0.2) is 46.3 Å². The molecule has 0 atom stereocenters. The van der Waals surface area contributed by atoms with Gasteiger partial charge in [-0.2, -0.15) is 0 Å². The Morgan fingerprint density at radius 3 is 2.67 bits per heavy atom. The van der Waals surface area contributed by atoms with Crippen molar-refractivity contribution in [1.82, 2.24) is 9.55 Å². The van der Waals surface area contributed by atoms with E-state index >= 15 is 0 Å². The van der Waals surface area contributed by atoms with Gasteiger partial charge in [-0.25, -0.2) is 13.4 Å². The van der Waals surface area contributed by atoms with Crippen molar-refractivity contribution in [3.8, 4) is 11.5 Å². The molecule has 2 heterocycles. The van der Waals surface area contributed by atoms with E-state index in [2.05, 4.69) is 4.98 Å². The van der Waals surface area contributed by atoms with Gasteiger partial charge in [-0.15, -0.1) is 0 Å². The summed E-state index contributed by atoms with van der Waals surface area (Å²) >= 11 is 6.05. The summed E-state index contributed by atoms with van der Waals surface area (Å²) in [4.78, 5) is 17.3. The fourth-order valence-electron chi connectivity index (χ4n) is 2.98. The maximum atomic E-state index is 12.9. The number of aromatic nitrogens is 2. The molecule has 0 bridgehead atoms. The zero-order valence-corrected chi connectivity index (χ0v) is 15.9. The van der Waals surface area contributed by atoms with Gasteiger partial charge < -0.3 is 9.47 Å². The van der Waals surface area contributed by atoms with Crippen LogP contribution in [0.1, 0.15) is 12.5 Å². The number of ether oxygens (including phenoxy) is 2. The highest BCUT2D eigenvalue weighted by atomic mass is 35.5. The number of halogens is 1. The van der Waals surface area contributed by atoms with Crippen molar-refractivity contribution in [1.29, 1.82) is 0 Å². The first-order valence-corrected chi connectivity index (χ1v) is 10.2. The monoisotopic (exact) mass is 406 g/mol. The lowest BCUT2D eigenvalue weighted by Crippen LogP contribution is -2.22. The van der Waals surface area contributed by atoms with Crippen LogP contribution in [0.5, 0.6) is 11.5 Å². The van der Waals surface area contributed by atoms with Gasteiger partial charge in [0.15, 0.2) is 21.3 Å². The normalized spacial score (nSPS) is 13.3. The fourth-order valence-corrected chi connectivity index (χ4v) is 4.28. The Kier molecular flexibility index (Phi) is 4.32. The van der Waals surface area contributed by atoms with E-state index in [9.17, 15) is 13.2 Å². The Labute approximate surface area is 160 Å². The average Bonchev–Trinajstić information content (AvgIpc) is 3.10. The van der Waals surface area contributed by atoms with E-state index in [0.29, 0.717) is 33.0 Å². The van der Waals surface area contributed by atoms with Crippen LogP contribution in [0.25, 0.3) is 10.9 Å². The lowest BCUT2D eigenvalue weighted by Gasteiger charge is -2.12. The first kappa shape index (κ1) is 17.8. The van der Waals surface area contributed by atoms with E-state index in [4.69, 9.17) is 21.1 Å². The number of sulfone groups is 1. The Morgan fingerprint density at radius 1 is 1.19 bits per heavy atom. The number of hydrogen-bond acceptors (Lipinski definition) is 6. The molecule has 0 radical (unpaired) electrons. The second kappa shape index (κ2) is 6.54. The first-order valence-electron chi connectivity index (χ1n) is 8.19. The van der Waals surface area contributed by atoms with E-state index in [1.165, 1.54) is 23.0 Å². The minimum atomic E-state index is -3.46. The van der Waals surface area contributed by atoms with Crippen LogP contribution in [-0.4, -0.2) is 30.5 Å². The van der Waals surface area contributed by atoms with Crippen molar-refractivity contribution in [2.45, 2.75) is 18.4 Å². The van der Waals surface area contributed by atoms with Gasteiger partial charge in [-0.1, -0.05) is 18.5 Å². The highest BCUT2D eigenvalue weighted by molar-refractivity contribution is 7.91. The molecule has 0 amide bonds. The van der Waals surface area contributed by atoms with Crippen molar-refractivity contribution in [2.24, 2.45) is 0 Å². The smallest absolute Gasteiger partial charge is 0.261 e. The molecule has 7 nitrogen and oxygen atoms in total. The Bertz CT molecular complexity index is 1220. The third kappa shape index (κ3) is 3.15. The van der Waals surface area contributed by atoms with Crippen LogP contribution in [0.2, 0.25) is 5.02 Å². The highest BCUT2D eigenvalue weighted by Crippen LogP contribution is 2.34. The van der Waals surface area contributed by atoms with Crippen molar-refractivity contribution in [3.63, 3.8) is 0 Å². The van der Waals surface area contributed by atoms with Gasteiger partial charge >= 0.3 is 0 Å². The zero-order chi connectivity index (χ0) is 19.2. The van der Waals surface area contributed by atoms with E-state index in [-0.39, 0.29) is 29.5 Å². The summed E-state index contributed by atoms with van der Waals surface area (Å²) in [7, 11) is -3.46. The molecule has 1 aromatic heterocycles. The summed E-state index contributed by atoms with van der Waals surface area (Å²) in [6.45, 7) is 1.70. The quantitative estimate of drug-likeness (QED) is 0.661. The summed E-state index contributed by atoms with van der Waals surface area (Å²) in [5.41, 5.74) is 0.611. The molecule has 9 heteroatoms. The maximum Gasteiger partial charge on any atom is 0.261 e. The third-order valence-electron chi connectivity index (χ3n) is 4.40. The topological polar surface area (TPSA) is 87.5 Å². The second-order valence-electron chi connectivity index (χ2n) is 6.06. The highest BCUT2D eigenvalue weighted by Gasteiger charge is 2.19. The molecule has 0 unspecified atom stereocenters. The SMILES string of the molecule is CCS(=O)(=O)c1ccc(Cl)cc1Cn1cnc2cc3c(cc2c1=O)OCO3. The molecule has 0 saturated carbocycles. The molecule has 2 aromatic carbocycles. The molecular formula is C18H15ClN2O5S. The van der Waals surface area contributed by atoms with Gasteiger partial charge in [-0.05, 0) is 29.8 Å². The van der Waals surface area contributed by atoms with E-state index < -0.39 is 9.84 Å². The van der Waals surface area contributed by atoms with E-state index in [0.717, 1.165) is 0 Å². The summed E-state index contributed by atoms with van der Waals surface area (Å²) in [6, 6.07) is 7.78. The zero-order valence-electron chi connectivity index (χ0n) is 14.3. The molecule has 27 heavy (non-hydrogen) atoms. The summed E-state index contributed by atoms with van der Waals surface area (Å²) in [6.07, 6.45) is 1.39. The predicted molar refractivity (Wildman–Crippen MR) is 100 cm³/mol. The van der Waals surface area contributed by atoms with Crippen LogP contribution in [0, 0.1) is 0 Å². The molecule has 140 valence electrons. The van der Waals surface area contributed by atoms with Gasteiger partial charge in [-0.3, -0.25) is 9.36 Å². The number of benzene rings is 2. The second-order valence-corrected chi connectivity index (χ2v) is 8.74.